The van der Waals surface area contributed by atoms with E-state index in [0.29, 0.717) is 0 Å². The minimum Gasteiger partial charge on any atom is -0.494 e. The van der Waals surface area contributed by atoms with E-state index in [1.165, 1.54) is 31.2 Å². The fourth-order valence-electron chi connectivity index (χ4n) is 2.67. The minimum atomic E-state index is -4.46. The summed E-state index contributed by atoms with van der Waals surface area (Å²) in [6.07, 6.45) is 7.19. The fraction of sp³-hybridized carbons (Fsp3) is 0.700. The Bertz CT molecular complexity index is 550. The van der Waals surface area contributed by atoms with Crippen LogP contribution in [-0.2, 0) is 15.5 Å². The van der Waals surface area contributed by atoms with Gasteiger partial charge in [-0.25, -0.2) is 4.57 Å². The molecule has 1 aromatic rings. The molecule has 150 valence electrons. The molecule has 0 bridgehead atoms. The smallest absolute Gasteiger partial charge is 0.469 e. The van der Waals surface area contributed by atoms with Crippen LogP contribution in [0, 0.1) is 5.41 Å². The van der Waals surface area contributed by atoms with Crippen molar-refractivity contribution in [2.75, 3.05) is 6.61 Å². The van der Waals surface area contributed by atoms with Crippen molar-refractivity contribution in [1.82, 2.24) is 0 Å². The molecule has 2 N–H and O–H groups in total. The summed E-state index contributed by atoms with van der Waals surface area (Å²) in [5.41, 5.74) is 0.839. The first-order chi connectivity index (χ1) is 12.1. The van der Waals surface area contributed by atoms with E-state index in [1.54, 1.807) is 6.92 Å². The fourth-order valence-corrected chi connectivity index (χ4v) is 3.36. The third-order valence-electron chi connectivity index (χ3n) is 4.89. The average molecular weight is 386 g/mol. The summed E-state index contributed by atoms with van der Waals surface area (Å²) in [7, 11) is -4.46. The van der Waals surface area contributed by atoms with E-state index < -0.39 is 13.9 Å². The molecule has 0 radical (unpaired) electrons. The Morgan fingerprint density at radius 2 is 1.69 bits per heavy atom. The molecule has 0 fully saturated rings. The zero-order valence-corrected chi connectivity index (χ0v) is 17.5. The van der Waals surface area contributed by atoms with Crippen LogP contribution in [-0.4, -0.2) is 22.5 Å². The van der Waals surface area contributed by atoms with E-state index in [4.69, 9.17) is 19.0 Å². The highest BCUT2D eigenvalue weighted by atomic mass is 31.2. The SMILES string of the molecule is CCCCCCCOc1ccc(CCC(C)(C)[C@@H](C)OP(=O)(O)O)cc1. The number of phosphoric acid groups is 1. The highest BCUT2D eigenvalue weighted by Crippen LogP contribution is 2.43. The zero-order chi connectivity index (χ0) is 19.6. The number of phosphoric ester groups is 1. The molecular formula is C20H35O5P. The summed E-state index contributed by atoms with van der Waals surface area (Å²) < 4.78 is 21.6. The first-order valence-electron chi connectivity index (χ1n) is 9.60. The molecule has 0 saturated carbocycles. The second-order valence-corrected chi connectivity index (χ2v) is 8.83. The summed E-state index contributed by atoms with van der Waals surface area (Å²) in [6, 6.07) is 8.09. The molecule has 0 aliphatic carbocycles. The van der Waals surface area contributed by atoms with Crippen molar-refractivity contribution in [1.29, 1.82) is 0 Å². The van der Waals surface area contributed by atoms with Crippen molar-refractivity contribution in [3.63, 3.8) is 0 Å². The average Bonchev–Trinajstić information content (AvgIpc) is 2.56. The lowest BCUT2D eigenvalue weighted by atomic mass is 9.82. The number of benzene rings is 1. The van der Waals surface area contributed by atoms with Gasteiger partial charge in [-0.15, -0.1) is 0 Å². The van der Waals surface area contributed by atoms with E-state index in [2.05, 4.69) is 19.1 Å². The van der Waals surface area contributed by atoms with E-state index in [0.717, 1.165) is 31.6 Å². The molecule has 0 heterocycles. The number of rotatable bonds is 13. The number of ether oxygens (including phenoxy) is 1. The Labute approximate surface area is 158 Å². The molecule has 26 heavy (non-hydrogen) atoms. The Balaban J connectivity index is 2.38. The lowest BCUT2D eigenvalue weighted by Crippen LogP contribution is -2.29. The Kier molecular flexibility index (Phi) is 9.88. The van der Waals surface area contributed by atoms with Crippen molar-refractivity contribution in [3.05, 3.63) is 29.8 Å². The molecule has 1 rings (SSSR count). The molecule has 0 aliphatic rings. The van der Waals surface area contributed by atoms with Gasteiger partial charge in [0.05, 0.1) is 12.7 Å². The molecular weight excluding hydrogens is 351 g/mol. The van der Waals surface area contributed by atoms with Gasteiger partial charge in [0.15, 0.2) is 0 Å². The minimum absolute atomic E-state index is 0.339. The Morgan fingerprint density at radius 1 is 1.08 bits per heavy atom. The van der Waals surface area contributed by atoms with E-state index in [9.17, 15) is 4.57 Å². The van der Waals surface area contributed by atoms with Gasteiger partial charge in [-0.1, -0.05) is 58.6 Å². The van der Waals surface area contributed by atoms with Gasteiger partial charge in [0.1, 0.15) is 5.75 Å². The van der Waals surface area contributed by atoms with Gasteiger partial charge in [0, 0.05) is 0 Å². The molecule has 1 atom stereocenters. The lowest BCUT2D eigenvalue weighted by molar-refractivity contribution is 0.0509. The first-order valence-corrected chi connectivity index (χ1v) is 11.1. The van der Waals surface area contributed by atoms with Crippen LogP contribution in [0.5, 0.6) is 5.75 Å². The molecule has 6 heteroatoms. The van der Waals surface area contributed by atoms with Gasteiger partial charge < -0.3 is 14.5 Å². The molecule has 1 aromatic carbocycles. The second-order valence-electron chi connectivity index (χ2n) is 7.63. The summed E-state index contributed by atoms with van der Waals surface area (Å²) in [4.78, 5) is 17.9. The lowest BCUT2D eigenvalue weighted by Gasteiger charge is -2.31. The van der Waals surface area contributed by atoms with Gasteiger partial charge in [0.25, 0.3) is 0 Å². The van der Waals surface area contributed by atoms with Crippen LogP contribution in [0.2, 0.25) is 0 Å². The Hall–Kier alpha value is -0.870. The summed E-state index contributed by atoms with van der Waals surface area (Å²) in [5, 5.41) is 0. The standard InChI is InChI=1S/C20H35O5P/c1-5-6-7-8-9-16-24-19-12-10-18(11-13-19)14-15-20(3,4)17(2)25-26(21,22)23/h10-13,17H,5-9,14-16H2,1-4H3,(H2,21,22,23)/t17-/m1/s1. The van der Waals surface area contributed by atoms with Gasteiger partial charge in [0.2, 0.25) is 0 Å². The van der Waals surface area contributed by atoms with Crippen molar-refractivity contribution >= 4 is 7.82 Å². The molecule has 5 nitrogen and oxygen atoms in total. The molecule has 0 unspecified atom stereocenters. The molecule has 0 amide bonds. The molecule has 0 aliphatic heterocycles. The number of unbranched alkanes of at least 4 members (excludes halogenated alkanes) is 4. The number of hydrogen-bond donors (Lipinski definition) is 2. The third kappa shape index (κ3) is 9.72. The topological polar surface area (TPSA) is 76.0 Å². The number of aryl methyl sites for hydroxylation is 1. The van der Waals surface area contributed by atoms with Crippen LogP contribution in [0.15, 0.2) is 24.3 Å². The van der Waals surface area contributed by atoms with Crippen LogP contribution in [0.3, 0.4) is 0 Å². The summed E-state index contributed by atoms with van der Waals surface area (Å²) >= 11 is 0. The monoisotopic (exact) mass is 386 g/mol. The zero-order valence-electron chi connectivity index (χ0n) is 16.6. The normalized spacial score (nSPS) is 13.6. The van der Waals surface area contributed by atoms with Crippen molar-refractivity contribution in [2.24, 2.45) is 5.41 Å². The summed E-state index contributed by atoms with van der Waals surface area (Å²) in [5.74, 6) is 0.890. The molecule has 0 spiro atoms. The quantitative estimate of drug-likeness (QED) is 0.346. The van der Waals surface area contributed by atoms with E-state index in [1.807, 2.05) is 26.0 Å². The van der Waals surface area contributed by atoms with Crippen LogP contribution >= 0.6 is 7.82 Å². The van der Waals surface area contributed by atoms with E-state index >= 15 is 0 Å². The largest absolute Gasteiger partial charge is 0.494 e. The predicted molar refractivity (Wildman–Crippen MR) is 105 cm³/mol. The van der Waals surface area contributed by atoms with Crippen molar-refractivity contribution < 1.29 is 23.6 Å². The van der Waals surface area contributed by atoms with Crippen molar-refractivity contribution in [2.45, 2.75) is 78.7 Å². The van der Waals surface area contributed by atoms with E-state index in [-0.39, 0.29) is 5.41 Å². The van der Waals surface area contributed by atoms with Gasteiger partial charge in [-0.3, -0.25) is 4.52 Å². The predicted octanol–water partition coefficient (Wildman–Crippen LogP) is 5.49. The van der Waals surface area contributed by atoms with Crippen LogP contribution in [0.4, 0.5) is 0 Å². The first kappa shape index (κ1) is 23.2. The number of hydrogen-bond acceptors (Lipinski definition) is 3. The highest BCUT2D eigenvalue weighted by molar-refractivity contribution is 7.46. The molecule has 0 saturated heterocycles. The van der Waals surface area contributed by atoms with Crippen LogP contribution in [0.25, 0.3) is 0 Å². The maximum atomic E-state index is 11.0. The van der Waals surface area contributed by atoms with Gasteiger partial charge >= 0.3 is 7.82 Å². The molecule has 0 aromatic heterocycles. The van der Waals surface area contributed by atoms with Gasteiger partial charge in [-0.05, 0) is 49.3 Å². The second kappa shape index (κ2) is 11.1. The van der Waals surface area contributed by atoms with Gasteiger partial charge in [-0.2, -0.15) is 0 Å². The maximum absolute atomic E-state index is 11.0. The van der Waals surface area contributed by atoms with Crippen molar-refractivity contribution in [3.8, 4) is 5.75 Å². The summed E-state index contributed by atoms with van der Waals surface area (Å²) in [6.45, 7) is 8.60. The van der Waals surface area contributed by atoms with Crippen LogP contribution in [0.1, 0.15) is 71.8 Å². The van der Waals surface area contributed by atoms with Crippen LogP contribution < -0.4 is 4.74 Å². The Morgan fingerprint density at radius 3 is 2.27 bits per heavy atom. The highest BCUT2D eigenvalue weighted by Gasteiger charge is 2.31. The maximum Gasteiger partial charge on any atom is 0.469 e. The third-order valence-corrected chi connectivity index (χ3v) is 5.48.